The van der Waals surface area contributed by atoms with Crippen LogP contribution in [0.4, 0.5) is 4.79 Å². The largest absolute Gasteiger partial charge is 0.506 e. The van der Waals surface area contributed by atoms with Gasteiger partial charge in [-0.25, -0.2) is 14.6 Å². The molecule has 1 unspecified atom stereocenters. The van der Waals surface area contributed by atoms with Gasteiger partial charge in [-0.2, -0.15) is 0 Å². The van der Waals surface area contributed by atoms with Crippen molar-refractivity contribution >= 4 is 40.8 Å². The zero-order chi connectivity index (χ0) is 22.5. The van der Waals surface area contributed by atoms with E-state index in [-0.39, 0.29) is 22.9 Å². The van der Waals surface area contributed by atoms with Gasteiger partial charge in [-0.05, 0) is 71.9 Å². The predicted molar refractivity (Wildman–Crippen MR) is 111 cm³/mol. The number of ether oxygens (including phenoxy) is 2. The number of nitrogens with zero attached hydrogens (tertiary/aromatic N) is 1. The monoisotopic (exact) mass is 445 g/mol. The number of hydrogen-bond acceptors (Lipinski definition) is 9. The molecule has 0 saturated heterocycles. The van der Waals surface area contributed by atoms with Gasteiger partial charge in [0.05, 0.1) is 11.2 Å². The third-order valence-corrected chi connectivity index (χ3v) is 5.21. The highest BCUT2D eigenvalue weighted by Gasteiger charge is 2.50. The lowest BCUT2D eigenvalue weighted by molar-refractivity contribution is -0.164. The Hall–Kier alpha value is -1.94. The van der Waals surface area contributed by atoms with Crippen molar-refractivity contribution in [2.75, 3.05) is 5.75 Å². The molecule has 0 spiro atoms. The Balaban J connectivity index is 3.10. The van der Waals surface area contributed by atoms with Crippen LogP contribution in [0.2, 0.25) is 0 Å². The molecule has 1 aromatic rings. The van der Waals surface area contributed by atoms with Crippen LogP contribution in [0.1, 0.15) is 48.0 Å². The molecule has 29 heavy (non-hydrogen) atoms. The van der Waals surface area contributed by atoms with Gasteiger partial charge >= 0.3 is 17.2 Å². The van der Waals surface area contributed by atoms with Crippen molar-refractivity contribution in [3.05, 3.63) is 18.3 Å². The van der Waals surface area contributed by atoms with Gasteiger partial charge in [0.2, 0.25) is 4.75 Å². The minimum absolute atomic E-state index is 0.0194. The average Bonchev–Trinajstić information content (AvgIpc) is 2.52. The Morgan fingerprint density at radius 3 is 2.07 bits per heavy atom. The number of carbonyl (C=O) groups excluding carboxylic acids is 2. The summed E-state index contributed by atoms with van der Waals surface area (Å²) in [5.41, 5.74) is -1.58. The van der Waals surface area contributed by atoms with Crippen molar-refractivity contribution in [2.24, 2.45) is 0 Å². The number of pyridine rings is 1. The van der Waals surface area contributed by atoms with E-state index in [9.17, 15) is 24.6 Å². The predicted octanol–water partition coefficient (Wildman–Crippen LogP) is 4.10. The van der Waals surface area contributed by atoms with Gasteiger partial charge in [0.15, 0.2) is 0 Å². The smallest absolute Gasteiger partial charge is 0.367 e. The number of thioether (sulfide) groups is 2. The number of aromatic hydroxyl groups is 1. The summed E-state index contributed by atoms with van der Waals surface area (Å²) in [5.74, 6) is -2.42. The summed E-state index contributed by atoms with van der Waals surface area (Å²) >= 11 is 1.49. The van der Waals surface area contributed by atoms with E-state index in [4.69, 9.17) is 9.47 Å². The number of esters is 1. The molecule has 1 aromatic heterocycles. The second-order valence-corrected chi connectivity index (χ2v) is 10.5. The van der Waals surface area contributed by atoms with Crippen molar-refractivity contribution in [1.29, 1.82) is 0 Å². The molecule has 0 bridgehead atoms. The topological polar surface area (TPSA) is 123 Å². The molecule has 0 aliphatic carbocycles. The van der Waals surface area contributed by atoms with Crippen LogP contribution in [0.5, 0.6) is 5.75 Å². The third-order valence-electron chi connectivity index (χ3n) is 3.14. The fourth-order valence-corrected chi connectivity index (χ4v) is 3.99. The van der Waals surface area contributed by atoms with Gasteiger partial charge in [-0.1, -0.05) is 11.8 Å². The van der Waals surface area contributed by atoms with Gasteiger partial charge in [0, 0.05) is 5.75 Å². The second kappa shape index (κ2) is 9.71. The number of carboxylic acid groups (broad SMARTS) is 1. The van der Waals surface area contributed by atoms with Crippen LogP contribution in [0.25, 0.3) is 0 Å². The van der Waals surface area contributed by atoms with E-state index in [1.165, 1.54) is 12.1 Å². The van der Waals surface area contributed by atoms with E-state index in [0.29, 0.717) is 11.8 Å². The van der Waals surface area contributed by atoms with E-state index in [1.807, 2.05) is 0 Å². The molecule has 0 amide bonds. The maximum Gasteiger partial charge on any atom is 0.367 e. The second-order valence-electron chi connectivity index (χ2n) is 8.15. The maximum absolute atomic E-state index is 12.9. The van der Waals surface area contributed by atoms with Gasteiger partial charge in [-0.3, -0.25) is 4.79 Å². The van der Waals surface area contributed by atoms with E-state index in [1.54, 1.807) is 41.5 Å². The molecule has 8 nitrogen and oxygen atoms in total. The zero-order valence-corrected chi connectivity index (χ0v) is 19.0. The molecule has 1 heterocycles. The fraction of sp³-hybridized carbons (Fsp3) is 0.579. The number of carbonyl (C=O) groups is 3. The Bertz CT molecular complexity index is 738. The first-order valence-corrected chi connectivity index (χ1v) is 10.6. The highest BCUT2D eigenvalue weighted by atomic mass is 32.2. The van der Waals surface area contributed by atoms with Crippen LogP contribution in [0.3, 0.4) is 0 Å². The number of hydrogen-bond donors (Lipinski definition) is 2. The van der Waals surface area contributed by atoms with Gasteiger partial charge in [0.1, 0.15) is 17.0 Å². The van der Waals surface area contributed by atoms with Crippen molar-refractivity contribution in [1.82, 2.24) is 4.98 Å². The van der Waals surface area contributed by atoms with Crippen LogP contribution in [0, 0.1) is 0 Å². The van der Waals surface area contributed by atoms with Crippen LogP contribution in [0.15, 0.2) is 23.4 Å². The molecule has 0 saturated carbocycles. The standard InChI is InChI=1S/C19H27NO7S2/c1-17(2,3)26-15(24)19(14(22)23,29-13-8-7-12(21)11-20-13)9-10-28-16(25)27-18(4,5)6/h7-8,11,21H,9-10H2,1-6H3,(H,22,23). The van der Waals surface area contributed by atoms with Crippen LogP contribution in [-0.4, -0.2) is 54.1 Å². The Kier molecular flexibility index (Phi) is 8.40. The first-order chi connectivity index (χ1) is 13.1. The summed E-state index contributed by atoms with van der Waals surface area (Å²) in [6.07, 6.45) is 0.952. The van der Waals surface area contributed by atoms with Crippen molar-refractivity contribution in [3.8, 4) is 5.75 Å². The SMILES string of the molecule is CC(C)(C)OC(=O)SCCC(Sc1ccc(O)cn1)(C(=O)O)C(=O)OC(C)(C)C. The average molecular weight is 446 g/mol. The molecule has 162 valence electrons. The molecular weight excluding hydrogens is 418 g/mol. The molecule has 0 radical (unpaired) electrons. The Morgan fingerprint density at radius 2 is 1.62 bits per heavy atom. The Labute approximate surface area is 178 Å². The summed E-state index contributed by atoms with van der Waals surface area (Å²) in [7, 11) is 0. The van der Waals surface area contributed by atoms with E-state index in [0.717, 1.165) is 18.0 Å². The Morgan fingerprint density at radius 1 is 1.03 bits per heavy atom. The molecule has 0 aliphatic rings. The number of carboxylic acids is 1. The minimum Gasteiger partial charge on any atom is -0.506 e. The van der Waals surface area contributed by atoms with Crippen LogP contribution < -0.4 is 0 Å². The van der Waals surface area contributed by atoms with E-state index in [2.05, 4.69) is 4.98 Å². The summed E-state index contributed by atoms with van der Waals surface area (Å²) in [5, 5.41) is 19.0. The highest BCUT2D eigenvalue weighted by molar-refractivity contribution is 8.13. The van der Waals surface area contributed by atoms with Crippen LogP contribution in [-0.2, 0) is 19.1 Å². The molecule has 1 rings (SSSR count). The minimum atomic E-state index is -2.02. The normalized spacial score (nSPS) is 14.0. The number of aromatic nitrogens is 1. The summed E-state index contributed by atoms with van der Waals surface area (Å²) < 4.78 is 8.53. The quantitative estimate of drug-likeness (QED) is 0.360. The molecule has 0 aliphatic heterocycles. The summed E-state index contributed by atoms with van der Waals surface area (Å²) in [4.78, 5) is 41.0. The van der Waals surface area contributed by atoms with Gasteiger partial charge < -0.3 is 19.7 Å². The van der Waals surface area contributed by atoms with Crippen LogP contribution >= 0.6 is 23.5 Å². The van der Waals surface area contributed by atoms with Crippen molar-refractivity contribution in [3.63, 3.8) is 0 Å². The lowest BCUT2D eigenvalue weighted by Gasteiger charge is -2.30. The fourth-order valence-electron chi connectivity index (χ4n) is 1.96. The lowest BCUT2D eigenvalue weighted by Crippen LogP contribution is -2.47. The molecule has 10 heteroatoms. The number of rotatable bonds is 7. The van der Waals surface area contributed by atoms with E-state index >= 15 is 0 Å². The van der Waals surface area contributed by atoms with Gasteiger partial charge in [0.25, 0.3) is 0 Å². The zero-order valence-electron chi connectivity index (χ0n) is 17.3. The van der Waals surface area contributed by atoms with Crippen molar-refractivity contribution < 1.29 is 34.1 Å². The molecule has 1 atom stereocenters. The molecule has 0 aromatic carbocycles. The summed E-state index contributed by atoms with van der Waals surface area (Å²) in [6, 6.07) is 2.75. The summed E-state index contributed by atoms with van der Waals surface area (Å²) in [6.45, 7) is 10.1. The first-order valence-electron chi connectivity index (χ1n) is 8.81. The number of aliphatic carboxylic acids is 1. The van der Waals surface area contributed by atoms with E-state index < -0.39 is 33.2 Å². The van der Waals surface area contributed by atoms with Crippen molar-refractivity contribution in [2.45, 2.75) is 68.9 Å². The van der Waals surface area contributed by atoms with Gasteiger partial charge in [-0.15, -0.1) is 0 Å². The maximum atomic E-state index is 12.9. The molecule has 2 N–H and O–H groups in total. The molecule has 0 fully saturated rings. The first kappa shape index (κ1) is 25.1. The third kappa shape index (κ3) is 8.53. The highest BCUT2D eigenvalue weighted by Crippen LogP contribution is 2.39. The molecular formula is C19H27NO7S2. The lowest BCUT2D eigenvalue weighted by atomic mass is 10.1.